The quantitative estimate of drug-likeness (QED) is 0.224. The molecule has 7 nitrogen and oxygen atoms in total. The average Bonchev–Trinajstić information content (AvgIpc) is 3.56. The number of aryl methyl sites for hydroxylation is 1. The van der Waals surface area contributed by atoms with Gasteiger partial charge in [0.2, 0.25) is 0 Å². The number of carbonyl (C=O) groups is 1. The first kappa shape index (κ1) is 34.7. The Labute approximate surface area is 269 Å². The van der Waals surface area contributed by atoms with Crippen LogP contribution in [0.1, 0.15) is 82.1 Å². The van der Waals surface area contributed by atoms with E-state index in [2.05, 4.69) is 48.3 Å². The number of hydrogen-bond acceptors (Lipinski definition) is 6. The molecule has 1 unspecified atom stereocenters. The molecule has 10 heteroatoms. The minimum absolute atomic E-state index is 0.178. The second kappa shape index (κ2) is 14.9. The van der Waals surface area contributed by atoms with Gasteiger partial charge in [-0.15, -0.1) is 0 Å². The summed E-state index contributed by atoms with van der Waals surface area (Å²) in [4.78, 5) is 17.4. The standard InChI is InChI=1S/C30H27F3N4O.C4H10.CH5N.CH2O/c1-30(10-3-11-30)28-21(31)12-18(16-35-28)17-6-7-22-24(13-17)37-23(8-9-26(37)36-22)27-20(19-14-34-15-19)4-2-5-25(27)38-29(32)33;1-4(2)3;2*1-2/h2,4-7,12-14,16,23,29,34H,3,8-11,15H2,1H3;4H,1-3H3;2H2,1H3;1H2. The molecule has 1 aliphatic carbocycles. The molecule has 0 bridgehead atoms. The molecule has 2 aliphatic heterocycles. The van der Waals surface area contributed by atoms with Crippen molar-refractivity contribution in [2.24, 2.45) is 11.7 Å². The number of rotatable bonds is 6. The lowest BCUT2D eigenvalue weighted by molar-refractivity contribution is -0.0980. The summed E-state index contributed by atoms with van der Waals surface area (Å²) in [5.74, 6) is 1.65. The van der Waals surface area contributed by atoms with Gasteiger partial charge in [-0.3, -0.25) is 4.98 Å². The molecule has 3 aliphatic rings. The van der Waals surface area contributed by atoms with Crippen LogP contribution in [0.15, 0.2) is 54.9 Å². The zero-order valence-electron chi connectivity index (χ0n) is 27.2. The predicted octanol–water partition coefficient (Wildman–Crippen LogP) is 7.81. The molecule has 1 atom stereocenters. The SMILES string of the molecule is C=O.CC(C)C.CC1(c2ncc(-c3ccc4nc5n(c4c3)C(c3c(OC(F)F)cccc3C3=CNC3)CC5)cc2F)CCC1.CN. The molecule has 4 aromatic rings. The van der Waals surface area contributed by atoms with Crippen LogP contribution in [0, 0.1) is 11.7 Å². The first-order valence-electron chi connectivity index (χ1n) is 15.7. The fourth-order valence-corrected chi connectivity index (χ4v) is 6.24. The van der Waals surface area contributed by atoms with Gasteiger partial charge in [-0.2, -0.15) is 8.78 Å². The average molecular weight is 636 g/mol. The zero-order valence-corrected chi connectivity index (χ0v) is 27.2. The number of nitrogens with one attached hydrogen (secondary N) is 1. The monoisotopic (exact) mass is 635 g/mol. The smallest absolute Gasteiger partial charge is 0.387 e. The molecule has 1 fully saturated rings. The summed E-state index contributed by atoms with van der Waals surface area (Å²) in [6.45, 7) is 8.33. The van der Waals surface area contributed by atoms with E-state index in [9.17, 15) is 8.78 Å². The van der Waals surface area contributed by atoms with Gasteiger partial charge in [0, 0.05) is 41.9 Å². The van der Waals surface area contributed by atoms with Crippen LogP contribution in [0.4, 0.5) is 13.2 Å². The van der Waals surface area contributed by atoms with Gasteiger partial charge in [-0.05, 0) is 73.2 Å². The van der Waals surface area contributed by atoms with Crippen LogP contribution in [0.25, 0.3) is 27.7 Å². The molecule has 4 heterocycles. The molecule has 7 rings (SSSR count). The molecule has 246 valence electrons. The molecule has 0 spiro atoms. The van der Waals surface area contributed by atoms with E-state index in [4.69, 9.17) is 14.5 Å². The Hall–Kier alpha value is -4.18. The van der Waals surface area contributed by atoms with Crippen molar-refractivity contribution in [2.45, 2.75) is 77.9 Å². The van der Waals surface area contributed by atoms with Crippen molar-refractivity contribution in [1.29, 1.82) is 0 Å². The predicted molar refractivity (Wildman–Crippen MR) is 177 cm³/mol. The number of nitrogens with two attached hydrogens (primary N) is 1. The highest BCUT2D eigenvalue weighted by Gasteiger charge is 2.37. The summed E-state index contributed by atoms with van der Waals surface area (Å²) < 4.78 is 49.1. The van der Waals surface area contributed by atoms with Crippen LogP contribution < -0.4 is 15.8 Å². The van der Waals surface area contributed by atoms with Gasteiger partial charge >= 0.3 is 6.61 Å². The summed E-state index contributed by atoms with van der Waals surface area (Å²) in [6, 6.07) is 12.6. The third-order valence-corrected chi connectivity index (χ3v) is 8.45. The number of ether oxygens (including phenoxy) is 1. The zero-order chi connectivity index (χ0) is 33.6. The molecule has 0 radical (unpaired) electrons. The van der Waals surface area contributed by atoms with E-state index < -0.39 is 6.61 Å². The van der Waals surface area contributed by atoms with E-state index in [0.29, 0.717) is 17.8 Å². The van der Waals surface area contributed by atoms with Gasteiger partial charge in [0.15, 0.2) is 0 Å². The van der Waals surface area contributed by atoms with E-state index in [1.807, 2.05) is 37.3 Å². The Balaban J connectivity index is 0.000000550. The summed E-state index contributed by atoms with van der Waals surface area (Å²) >= 11 is 0. The van der Waals surface area contributed by atoms with E-state index in [0.717, 1.165) is 77.1 Å². The third-order valence-electron chi connectivity index (χ3n) is 8.45. The van der Waals surface area contributed by atoms with Gasteiger partial charge in [-0.25, -0.2) is 9.37 Å². The van der Waals surface area contributed by atoms with Crippen LogP contribution in [0.3, 0.4) is 0 Å². The van der Waals surface area contributed by atoms with Crippen LogP contribution in [-0.4, -0.2) is 41.5 Å². The number of nitrogens with zero attached hydrogens (tertiary/aromatic N) is 3. The number of imidazole rings is 1. The summed E-state index contributed by atoms with van der Waals surface area (Å²) in [5, 5.41) is 3.13. The van der Waals surface area contributed by atoms with Crippen molar-refractivity contribution in [3.05, 3.63) is 83.3 Å². The van der Waals surface area contributed by atoms with Crippen LogP contribution in [0.5, 0.6) is 5.75 Å². The minimum atomic E-state index is -2.92. The molecule has 0 saturated heterocycles. The number of alkyl halides is 2. The highest BCUT2D eigenvalue weighted by molar-refractivity contribution is 5.84. The Morgan fingerprint density at radius 2 is 1.78 bits per heavy atom. The lowest BCUT2D eigenvalue weighted by Gasteiger charge is -2.37. The fourth-order valence-electron chi connectivity index (χ4n) is 6.24. The highest BCUT2D eigenvalue weighted by Crippen LogP contribution is 2.45. The number of carbonyl (C=O) groups excluding carboxylic acids is 1. The first-order valence-corrected chi connectivity index (χ1v) is 15.7. The van der Waals surface area contributed by atoms with Gasteiger partial charge < -0.3 is 25.1 Å². The lowest BCUT2D eigenvalue weighted by atomic mass is 9.68. The van der Waals surface area contributed by atoms with Crippen molar-refractivity contribution in [2.75, 3.05) is 13.6 Å². The molecule has 0 amide bonds. The number of fused-ring (bicyclic) bond motifs is 3. The van der Waals surface area contributed by atoms with Crippen molar-refractivity contribution in [3.63, 3.8) is 0 Å². The van der Waals surface area contributed by atoms with Crippen LogP contribution in [-0.2, 0) is 16.6 Å². The number of halogens is 3. The lowest BCUT2D eigenvalue weighted by Crippen LogP contribution is -2.32. The second-order valence-corrected chi connectivity index (χ2v) is 12.5. The normalized spacial score (nSPS) is 17.1. The molecule has 2 aromatic heterocycles. The number of benzene rings is 2. The van der Waals surface area contributed by atoms with E-state index in [1.165, 1.54) is 7.05 Å². The van der Waals surface area contributed by atoms with E-state index >= 15 is 4.39 Å². The van der Waals surface area contributed by atoms with Gasteiger partial charge in [0.05, 0.1) is 22.8 Å². The maximum atomic E-state index is 15.2. The van der Waals surface area contributed by atoms with Crippen molar-refractivity contribution in [3.8, 4) is 16.9 Å². The Bertz CT molecular complexity index is 1680. The Kier molecular flexibility index (Phi) is 11.3. The van der Waals surface area contributed by atoms with E-state index in [1.54, 1.807) is 24.4 Å². The summed E-state index contributed by atoms with van der Waals surface area (Å²) in [5.41, 5.74) is 10.8. The highest BCUT2D eigenvalue weighted by atomic mass is 19.3. The van der Waals surface area contributed by atoms with Crippen LogP contribution in [0.2, 0.25) is 0 Å². The van der Waals surface area contributed by atoms with Crippen molar-refractivity contribution >= 4 is 23.4 Å². The molecular formula is C36H44F3N5O2. The Morgan fingerprint density at radius 1 is 1.09 bits per heavy atom. The molecule has 3 N–H and O–H groups in total. The number of aromatic nitrogens is 3. The minimum Gasteiger partial charge on any atom is -0.434 e. The summed E-state index contributed by atoms with van der Waals surface area (Å²) in [6.07, 6.45) is 8.11. The molecule has 2 aromatic carbocycles. The molecular weight excluding hydrogens is 591 g/mol. The maximum Gasteiger partial charge on any atom is 0.387 e. The van der Waals surface area contributed by atoms with Crippen LogP contribution >= 0.6 is 0 Å². The van der Waals surface area contributed by atoms with Crippen molar-refractivity contribution < 1.29 is 22.7 Å². The van der Waals surface area contributed by atoms with Gasteiger partial charge in [0.25, 0.3) is 0 Å². The Morgan fingerprint density at radius 3 is 2.35 bits per heavy atom. The number of hydrogen-bond donors (Lipinski definition) is 2. The van der Waals surface area contributed by atoms with E-state index in [-0.39, 0.29) is 23.0 Å². The first-order chi connectivity index (χ1) is 22.1. The molecule has 1 saturated carbocycles. The fraction of sp³-hybridized carbons (Fsp3) is 0.417. The topological polar surface area (TPSA) is 95.1 Å². The number of pyridine rings is 1. The third kappa shape index (κ3) is 6.97. The van der Waals surface area contributed by atoms with Crippen molar-refractivity contribution in [1.82, 2.24) is 19.9 Å². The second-order valence-electron chi connectivity index (χ2n) is 12.5. The largest absolute Gasteiger partial charge is 0.434 e. The maximum absolute atomic E-state index is 15.2. The summed E-state index contributed by atoms with van der Waals surface area (Å²) in [7, 11) is 1.50. The van der Waals surface area contributed by atoms with Gasteiger partial charge in [0.1, 0.15) is 24.2 Å². The molecule has 46 heavy (non-hydrogen) atoms. The van der Waals surface area contributed by atoms with Gasteiger partial charge in [-0.1, -0.05) is 52.3 Å².